The van der Waals surface area contributed by atoms with Gasteiger partial charge < -0.3 is 30.3 Å². The number of aliphatic hydroxyl groups excluding tert-OH is 4. The van der Waals surface area contributed by atoms with Crippen LogP contribution in [0.3, 0.4) is 0 Å². The second-order valence-corrected chi connectivity index (χ2v) is 11.9. The molecule has 5 atom stereocenters. The lowest BCUT2D eigenvalue weighted by atomic mass is 9.87. The number of ether oxygens (including phenoxy) is 1. The molecule has 2 aliphatic heterocycles. The summed E-state index contributed by atoms with van der Waals surface area (Å²) in [5, 5.41) is 52.8. The summed E-state index contributed by atoms with van der Waals surface area (Å²) in [4.78, 5) is 16.9. The van der Waals surface area contributed by atoms with E-state index in [0.29, 0.717) is 6.42 Å². The summed E-state index contributed by atoms with van der Waals surface area (Å²) in [6.07, 6.45) is -6.56. The van der Waals surface area contributed by atoms with Gasteiger partial charge in [-0.3, -0.25) is 0 Å². The van der Waals surface area contributed by atoms with Gasteiger partial charge in [0.05, 0.1) is 12.2 Å². The molecule has 4 aromatic carbocycles. The zero-order valence-corrected chi connectivity index (χ0v) is 22.2. The first-order valence-electron chi connectivity index (χ1n) is 12.5. The van der Waals surface area contributed by atoms with Crippen molar-refractivity contribution >= 4 is 40.3 Å². The molecule has 0 amide bonds. The van der Waals surface area contributed by atoms with Crippen molar-refractivity contribution in [2.75, 3.05) is 6.61 Å². The fraction of sp³-hybridized carbons (Fsp3) is 0.233. The highest BCUT2D eigenvalue weighted by Crippen LogP contribution is 2.50. The first-order chi connectivity index (χ1) is 18.8. The molecule has 5 N–H and O–H groups in total. The van der Waals surface area contributed by atoms with Crippen LogP contribution in [0, 0.1) is 0 Å². The molecule has 0 bridgehead atoms. The van der Waals surface area contributed by atoms with Crippen LogP contribution in [0.4, 0.5) is 0 Å². The highest BCUT2D eigenvalue weighted by molar-refractivity contribution is 8.05. The van der Waals surface area contributed by atoms with Crippen LogP contribution in [0.1, 0.15) is 33.2 Å². The fourth-order valence-electron chi connectivity index (χ4n) is 5.21. The normalized spacial score (nSPS) is 24.3. The number of carbonyl (C=O) groups is 1. The summed E-state index contributed by atoms with van der Waals surface area (Å²) < 4.78 is 5.68. The van der Waals surface area contributed by atoms with Crippen molar-refractivity contribution in [3.63, 3.8) is 0 Å². The van der Waals surface area contributed by atoms with Crippen molar-refractivity contribution in [1.29, 1.82) is 0 Å². The molecule has 7 nitrogen and oxygen atoms in total. The first-order valence-corrected chi connectivity index (χ1v) is 14.1. The van der Waals surface area contributed by atoms with Crippen LogP contribution in [0.15, 0.2) is 92.4 Å². The third-order valence-corrected chi connectivity index (χ3v) is 9.85. The molecule has 9 heteroatoms. The monoisotopic (exact) mass is 562 g/mol. The van der Waals surface area contributed by atoms with Crippen LogP contribution in [0.5, 0.6) is 0 Å². The molecule has 4 aromatic rings. The van der Waals surface area contributed by atoms with Crippen molar-refractivity contribution in [1.82, 2.24) is 0 Å². The molecule has 0 spiro atoms. The Hall–Kier alpha value is -2.89. The summed E-state index contributed by atoms with van der Waals surface area (Å²) in [5.74, 6) is -1.21. The molecular formula is C30H26O7S2. The predicted molar refractivity (Wildman–Crippen MR) is 148 cm³/mol. The third-order valence-electron chi connectivity index (χ3n) is 7.23. The Morgan fingerprint density at radius 2 is 1.49 bits per heavy atom. The molecule has 1 fully saturated rings. The van der Waals surface area contributed by atoms with Gasteiger partial charge in [0, 0.05) is 19.6 Å². The van der Waals surface area contributed by atoms with Crippen LogP contribution in [0.25, 0.3) is 10.8 Å². The van der Waals surface area contributed by atoms with E-state index >= 15 is 0 Å². The highest BCUT2D eigenvalue weighted by Gasteiger charge is 2.45. The summed E-state index contributed by atoms with van der Waals surface area (Å²) >= 11 is 3.52. The maximum atomic E-state index is 12.0. The average Bonchev–Trinajstić information content (AvgIpc) is 2.95. The van der Waals surface area contributed by atoms with Gasteiger partial charge in [-0.15, -0.1) is 0 Å². The standard InChI is InChI=1S/C30H26O7S2/c31-14-21-25(32)26(33)27(34)28(37-21)20-13-16(6-9-18(20)30(35)36)11-15-5-7-17-8-10-24-29(19(17)12-15)39-23-4-2-1-3-22(23)38-24/h1-10,12-13,21,25-28,31-34H,11,14H2,(H,35,36)/t21-,25-,26+,27-,28+/m1/s1. The summed E-state index contributed by atoms with van der Waals surface area (Å²) in [6, 6.07) is 23.8. The number of rotatable bonds is 5. The molecular weight excluding hydrogens is 536 g/mol. The Bertz CT molecular complexity index is 1570. The molecule has 1 saturated heterocycles. The molecule has 2 aliphatic rings. The Kier molecular flexibility index (Phi) is 7.15. The van der Waals surface area contributed by atoms with Gasteiger partial charge in [0.1, 0.15) is 30.5 Å². The van der Waals surface area contributed by atoms with Crippen LogP contribution in [-0.4, -0.2) is 62.5 Å². The maximum absolute atomic E-state index is 12.0. The van der Waals surface area contributed by atoms with E-state index in [1.54, 1.807) is 35.7 Å². The average molecular weight is 563 g/mol. The van der Waals surface area contributed by atoms with Crippen LogP contribution in [-0.2, 0) is 11.2 Å². The van der Waals surface area contributed by atoms with E-state index < -0.39 is 43.1 Å². The van der Waals surface area contributed by atoms with Crippen molar-refractivity contribution in [3.05, 3.63) is 95.1 Å². The van der Waals surface area contributed by atoms with Gasteiger partial charge in [-0.2, -0.15) is 0 Å². The molecule has 0 saturated carbocycles. The number of carboxylic acid groups (broad SMARTS) is 1. The molecule has 2 heterocycles. The molecule has 0 aliphatic carbocycles. The second kappa shape index (κ2) is 10.6. The van der Waals surface area contributed by atoms with E-state index in [0.717, 1.165) is 21.9 Å². The van der Waals surface area contributed by atoms with Crippen LogP contribution < -0.4 is 0 Å². The van der Waals surface area contributed by atoms with Crippen molar-refractivity contribution in [2.24, 2.45) is 0 Å². The van der Waals surface area contributed by atoms with Crippen molar-refractivity contribution in [3.8, 4) is 0 Å². The minimum Gasteiger partial charge on any atom is -0.478 e. The van der Waals surface area contributed by atoms with Crippen molar-refractivity contribution < 1.29 is 35.1 Å². The van der Waals surface area contributed by atoms with E-state index in [-0.39, 0.29) is 11.1 Å². The van der Waals surface area contributed by atoms with Gasteiger partial charge in [0.25, 0.3) is 0 Å². The highest BCUT2D eigenvalue weighted by atomic mass is 32.2. The lowest BCUT2D eigenvalue weighted by Gasteiger charge is -2.40. The van der Waals surface area contributed by atoms with Gasteiger partial charge in [-0.1, -0.05) is 66.0 Å². The predicted octanol–water partition coefficient (Wildman–Crippen LogP) is 4.26. The van der Waals surface area contributed by atoms with Gasteiger partial charge in [-0.05, 0) is 64.2 Å². The summed E-state index contributed by atoms with van der Waals surface area (Å²) in [5.41, 5.74) is 1.92. The smallest absolute Gasteiger partial charge is 0.336 e. The molecule has 0 aromatic heterocycles. The number of aromatic carboxylic acids is 1. The molecule has 39 heavy (non-hydrogen) atoms. The van der Waals surface area contributed by atoms with Gasteiger partial charge in [0.2, 0.25) is 0 Å². The largest absolute Gasteiger partial charge is 0.478 e. The zero-order chi connectivity index (χ0) is 27.3. The van der Waals surface area contributed by atoms with E-state index in [1.165, 1.54) is 25.6 Å². The van der Waals surface area contributed by atoms with Crippen LogP contribution >= 0.6 is 23.5 Å². The Morgan fingerprint density at radius 3 is 2.23 bits per heavy atom. The van der Waals surface area contributed by atoms with E-state index in [2.05, 4.69) is 36.4 Å². The van der Waals surface area contributed by atoms with Gasteiger partial charge in [0.15, 0.2) is 0 Å². The molecule has 6 rings (SSSR count). The van der Waals surface area contributed by atoms with Gasteiger partial charge >= 0.3 is 5.97 Å². The Morgan fingerprint density at radius 1 is 0.795 bits per heavy atom. The zero-order valence-electron chi connectivity index (χ0n) is 20.6. The second-order valence-electron chi connectivity index (χ2n) is 9.75. The number of hydrogen-bond donors (Lipinski definition) is 5. The van der Waals surface area contributed by atoms with E-state index in [4.69, 9.17) is 4.74 Å². The quantitative estimate of drug-likeness (QED) is 0.214. The Labute approximate surface area is 233 Å². The van der Waals surface area contributed by atoms with E-state index in [9.17, 15) is 30.3 Å². The summed E-state index contributed by atoms with van der Waals surface area (Å²) in [6.45, 7) is -0.592. The minimum absolute atomic E-state index is 0.0808. The van der Waals surface area contributed by atoms with Crippen LogP contribution in [0.2, 0.25) is 0 Å². The number of carboxylic acids is 1. The molecule has 0 radical (unpaired) electrons. The Balaban J connectivity index is 1.35. The van der Waals surface area contributed by atoms with E-state index in [1.807, 2.05) is 18.2 Å². The van der Waals surface area contributed by atoms with Crippen molar-refractivity contribution in [2.45, 2.75) is 56.5 Å². The topological polar surface area (TPSA) is 127 Å². The first kappa shape index (κ1) is 26.3. The fourth-order valence-corrected chi connectivity index (χ4v) is 7.59. The third kappa shape index (κ3) is 4.85. The van der Waals surface area contributed by atoms with Gasteiger partial charge in [-0.25, -0.2) is 4.79 Å². The maximum Gasteiger partial charge on any atom is 0.336 e. The minimum atomic E-state index is -1.60. The number of fused-ring (bicyclic) bond motifs is 4. The molecule has 200 valence electrons. The number of benzene rings is 4. The summed E-state index contributed by atoms with van der Waals surface area (Å²) in [7, 11) is 0. The number of hydrogen-bond acceptors (Lipinski definition) is 8. The molecule has 0 unspecified atom stereocenters. The lowest BCUT2D eigenvalue weighted by Crippen LogP contribution is -2.55. The lowest BCUT2D eigenvalue weighted by molar-refractivity contribution is -0.231. The number of aliphatic hydroxyl groups is 4. The SMILES string of the molecule is O=C(O)c1ccc(Cc2ccc3ccc4c(c3c2)Sc2ccccc2S4)cc1[C@@H]1O[C@H](CO)[C@@H](O)[C@H](O)[C@H]1O.